The summed E-state index contributed by atoms with van der Waals surface area (Å²) in [4.78, 5) is 15.1. The van der Waals surface area contributed by atoms with Crippen molar-refractivity contribution >= 4 is 28.1 Å². The molecular weight excluding hydrogens is 448 g/mol. The highest BCUT2D eigenvalue weighted by Gasteiger charge is 2.21. The second-order valence-electron chi connectivity index (χ2n) is 9.14. The van der Waals surface area contributed by atoms with Crippen LogP contribution in [0, 0.1) is 0 Å². The number of nitrogens with zero attached hydrogens (tertiary/aromatic N) is 4. The van der Waals surface area contributed by atoms with E-state index in [0.29, 0.717) is 11.9 Å². The standard InChI is InChI=1S/C28H28N8/c1-18(36(2)24-9-11-29-17-24)25-13-20-3-4-21(14-26(20)34-25)28-30-12-10-27(35-28)33-23-7-5-19(6-8-23)22-15-31-32-16-22/h3-8,10,12-16,24,29,34H,1,9,11,17H2,2H3,(H,31,32)(H,30,33,35). The zero-order valence-corrected chi connectivity index (χ0v) is 20.1. The van der Waals surface area contributed by atoms with Gasteiger partial charge in [0.2, 0.25) is 0 Å². The van der Waals surface area contributed by atoms with E-state index in [9.17, 15) is 0 Å². The quantitative estimate of drug-likeness (QED) is 0.263. The first-order chi connectivity index (χ1) is 17.6. The van der Waals surface area contributed by atoms with Crippen molar-refractivity contribution in [2.45, 2.75) is 12.5 Å². The molecule has 180 valence electrons. The molecule has 3 aromatic heterocycles. The number of hydrogen-bond donors (Lipinski definition) is 4. The van der Waals surface area contributed by atoms with Crippen LogP contribution in [0.5, 0.6) is 0 Å². The van der Waals surface area contributed by atoms with Crippen LogP contribution in [-0.2, 0) is 0 Å². The first-order valence-electron chi connectivity index (χ1n) is 12.1. The topological polar surface area (TPSA) is 97.5 Å². The van der Waals surface area contributed by atoms with Gasteiger partial charge in [-0.1, -0.05) is 30.8 Å². The van der Waals surface area contributed by atoms with Gasteiger partial charge >= 0.3 is 0 Å². The minimum absolute atomic E-state index is 0.477. The molecule has 0 amide bonds. The molecule has 0 radical (unpaired) electrons. The summed E-state index contributed by atoms with van der Waals surface area (Å²) in [5.41, 5.74) is 7.14. The fraction of sp³-hybridized carbons (Fsp3) is 0.179. The van der Waals surface area contributed by atoms with Gasteiger partial charge in [-0.3, -0.25) is 5.10 Å². The van der Waals surface area contributed by atoms with Crippen LogP contribution in [0.2, 0.25) is 0 Å². The van der Waals surface area contributed by atoms with E-state index in [2.05, 4.69) is 85.7 Å². The van der Waals surface area contributed by atoms with E-state index in [4.69, 9.17) is 4.98 Å². The number of likely N-dealkylation sites (N-methyl/N-ethyl adjacent to an activating group) is 1. The lowest BCUT2D eigenvalue weighted by Crippen LogP contribution is -2.31. The van der Waals surface area contributed by atoms with Gasteiger partial charge in [0.05, 0.1) is 17.6 Å². The lowest BCUT2D eigenvalue weighted by molar-refractivity contribution is 0.370. The minimum atomic E-state index is 0.477. The van der Waals surface area contributed by atoms with E-state index < -0.39 is 0 Å². The van der Waals surface area contributed by atoms with E-state index in [-0.39, 0.29) is 0 Å². The molecule has 4 N–H and O–H groups in total. The Labute approximate surface area is 209 Å². The summed E-state index contributed by atoms with van der Waals surface area (Å²) >= 11 is 0. The molecule has 1 aliphatic rings. The zero-order valence-electron chi connectivity index (χ0n) is 20.1. The van der Waals surface area contributed by atoms with Crippen molar-refractivity contribution in [3.05, 3.63) is 85.5 Å². The van der Waals surface area contributed by atoms with Gasteiger partial charge in [0.25, 0.3) is 0 Å². The predicted octanol–water partition coefficient (Wildman–Crippen LogP) is 5.02. The van der Waals surface area contributed by atoms with Crippen LogP contribution >= 0.6 is 0 Å². The predicted molar refractivity (Wildman–Crippen MR) is 145 cm³/mol. The number of aromatic nitrogens is 5. The molecule has 1 atom stereocenters. The van der Waals surface area contributed by atoms with Crippen LogP contribution in [-0.4, -0.2) is 56.2 Å². The second-order valence-corrected chi connectivity index (χ2v) is 9.14. The molecule has 36 heavy (non-hydrogen) atoms. The molecule has 4 heterocycles. The van der Waals surface area contributed by atoms with Crippen molar-refractivity contribution < 1.29 is 0 Å². The average molecular weight is 477 g/mol. The van der Waals surface area contributed by atoms with Crippen LogP contribution < -0.4 is 10.6 Å². The molecule has 1 fully saturated rings. The highest BCUT2D eigenvalue weighted by atomic mass is 15.2. The minimum Gasteiger partial charge on any atom is -0.369 e. The molecule has 0 bridgehead atoms. The molecule has 1 aliphatic heterocycles. The summed E-state index contributed by atoms with van der Waals surface area (Å²) in [5, 5.41) is 14.8. The Morgan fingerprint density at radius 3 is 2.69 bits per heavy atom. The van der Waals surface area contributed by atoms with E-state index in [0.717, 1.165) is 70.0 Å². The third-order valence-corrected chi connectivity index (χ3v) is 6.84. The monoisotopic (exact) mass is 476 g/mol. The molecule has 6 rings (SSSR count). The van der Waals surface area contributed by atoms with Crippen molar-refractivity contribution in [1.82, 2.24) is 35.4 Å². The highest BCUT2D eigenvalue weighted by Crippen LogP contribution is 2.28. The zero-order chi connectivity index (χ0) is 24.5. The Morgan fingerprint density at radius 1 is 1.06 bits per heavy atom. The molecule has 1 unspecified atom stereocenters. The molecule has 0 aliphatic carbocycles. The van der Waals surface area contributed by atoms with Gasteiger partial charge in [-0.05, 0) is 48.9 Å². The molecule has 0 saturated carbocycles. The third kappa shape index (κ3) is 4.34. The SMILES string of the molecule is C=C(c1cc2ccc(-c3nccc(Nc4ccc(-c5cn[nH]c5)cc4)n3)cc2[nH]1)N(C)C1CCNC1. The number of nitrogens with one attached hydrogen (secondary N) is 4. The van der Waals surface area contributed by atoms with Crippen LogP contribution in [0.3, 0.4) is 0 Å². The van der Waals surface area contributed by atoms with Crippen LogP contribution in [0.4, 0.5) is 11.5 Å². The van der Waals surface area contributed by atoms with Crippen molar-refractivity contribution in [3.8, 4) is 22.5 Å². The summed E-state index contributed by atoms with van der Waals surface area (Å²) in [6.07, 6.45) is 6.60. The number of anilines is 2. The number of aromatic amines is 2. The fourth-order valence-corrected chi connectivity index (χ4v) is 4.67. The Kier molecular flexibility index (Phi) is 5.71. The number of fused-ring (bicyclic) bond motifs is 1. The maximum Gasteiger partial charge on any atom is 0.161 e. The Morgan fingerprint density at radius 2 is 1.92 bits per heavy atom. The maximum atomic E-state index is 4.76. The highest BCUT2D eigenvalue weighted by molar-refractivity contribution is 5.87. The van der Waals surface area contributed by atoms with Crippen LogP contribution in [0.15, 0.2) is 79.8 Å². The van der Waals surface area contributed by atoms with Crippen molar-refractivity contribution in [1.29, 1.82) is 0 Å². The molecule has 5 aromatic rings. The van der Waals surface area contributed by atoms with Gasteiger partial charge < -0.3 is 20.5 Å². The molecule has 0 spiro atoms. The van der Waals surface area contributed by atoms with Crippen molar-refractivity contribution in [2.75, 3.05) is 25.5 Å². The normalized spacial score (nSPS) is 15.3. The number of H-pyrrole nitrogens is 2. The van der Waals surface area contributed by atoms with Gasteiger partial charge in [-0.25, -0.2) is 9.97 Å². The van der Waals surface area contributed by atoms with E-state index in [1.807, 2.05) is 30.6 Å². The van der Waals surface area contributed by atoms with E-state index in [1.54, 1.807) is 6.20 Å². The van der Waals surface area contributed by atoms with E-state index >= 15 is 0 Å². The van der Waals surface area contributed by atoms with Gasteiger partial charge in [-0.15, -0.1) is 0 Å². The smallest absolute Gasteiger partial charge is 0.161 e. The second kappa shape index (κ2) is 9.31. The number of rotatable bonds is 7. The summed E-state index contributed by atoms with van der Waals surface area (Å²) in [6, 6.07) is 18.9. The van der Waals surface area contributed by atoms with E-state index in [1.165, 1.54) is 0 Å². The van der Waals surface area contributed by atoms with Gasteiger partial charge in [0.1, 0.15) is 5.82 Å². The molecule has 8 heteroatoms. The molecule has 2 aromatic carbocycles. The average Bonchev–Trinajstić information content (AvgIpc) is 3.70. The third-order valence-electron chi connectivity index (χ3n) is 6.84. The lowest BCUT2D eigenvalue weighted by Gasteiger charge is -2.27. The summed E-state index contributed by atoms with van der Waals surface area (Å²) < 4.78 is 0. The Balaban J connectivity index is 1.21. The van der Waals surface area contributed by atoms with Crippen molar-refractivity contribution in [3.63, 3.8) is 0 Å². The van der Waals surface area contributed by atoms with Crippen LogP contribution in [0.1, 0.15) is 12.1 Å². The van der Waals surface area contributed by atoms with Crippen molar-refractivity contribution in [2.24, 2.45) is 0 Å². The Hall–Kier alpha value is -4.43. The summed E-state index contributed by atoms with van der Waals surface area (Å²) in [5.74, 6) is 1.41. The summed E-state index contributed by atoms with van der Waals surface area (Å²) in [6.45, 7) is 6.40. The van der Waals surface area contributed by atoms with Gasteiger partial charge in [0.15, 0.2) is 5.82 Å². The largest absolute Gasteiger partial charge is 0.369 e. The molecule has 8 nitrogen and oxygen atoms in total. The fourth-order valence-electron chi connectivity index (χ4n) is 4.67. The van der Waals surface area contributed by atoms with Crippen LogP contribution in [0.25, 0.3) is 39.1 Å². The summed E-state index contributed by atoms with van der Waals surface area (Å²) in [7, 11) is 2.12. The Bertz CT molecular complexity index is 1490. The van der Waals surface area contributed by atoms with Gasteiger partial charge in [-0.2, -0.15) is 5.10 Å². The number of hydrogen-bond acceptors (Lipinski definition) is 6. The lowest BCUT2D eigenvalue weighted by atomic mass is 10.1. The van der Waals surface area contributed by atoms with Gasteiger partial charge in [0, 0.05) is 59.7 Å². The number of benzene rings is 2. The first kappa shape index (κ1) is 22.1. The molecular formula is C28H28N8. The maximum absolute atomic E-state index is 4.76. The first-order valence-corrected chi connectivity index (χ1v) is 12.1. The molecule has 1 saturated heterocycles.